The van der Waals surface area contributed by atoms with Crippen LogP contribution in [0, 0.1) is 0 Å². The van der Waals surface area contributed by atoms with E-state index in [2.05, 4.69) is 15.3 Å². The number of nitrogens with zero attached hydrogens (tertiary/aromatic N) is 2. The second-order valence-electron chi connectivity index (χ2n) is 4.23. The number of ether oxygens (including phenoxy) is 2. The van der Waals surface area contributed by atoms with Crippen LogP contribution in [0.15, 0.2) is 24.4 Å². The minimum Gasteiger partial charge on any atom is -0.480 e. The van der Waals surface area contributed by atoms with Crippen molar-refractivity contribution in [2.45, 2.75) is 6.04 Å². The summed E-state index contributed by atoms with van der Waals surface area (Å²) in [6, 6.07) is 5.06. The van der Waals surface area contributed by atoms with Crippen LogP contribution < -0.4 is 14.8 Å². The Labute approximate surface area is 133 Å². The Bertz CT molecular complexity index is 617. The van der Waals surface area contributed by atoms with Gasteiger partial charge in [-0.3, -0.25) is 0 Å². The maximum atomic E-state index is 6.06. The fourth-order valence-electron chi connectivity index (χ4n) is 2.02. The third kappa shape index (κ3) is 3.56. The van der Waals surface area contributed by atoms with E-state index >= 15 is 0 Å². The minimum atomic E-state index is -0.255. The molecule has 0 saturated heterocycles. The first kappa shape index (κ1) is 15.8. The molecular weight excluding hydrogens is 313 g/mol. The molecule has 0 saturated carbocycles. The lowest BCUT2D eigenvalue weighted by atomic mass is 10.0. The third-order valence-corrected chi connectivity index (χ3v) is 3.36. The van der Waals surface area contributed by atoms with Gasteiger partial charge in [0.2, 0.25) is 11.8 Å². The van der Waals surface area contributed by atoms with Crippen LogP contribution in [0.2, 0.25) is 10.0 Å². The van der Waals surface area contributed by atoms with Gasteiger partial charge in [0, 0.05) is 10.0 Å². The quantitative estimate of drug-likeness (QED) is 0.914. The Morgan fingerprint density at radius 2 is 1.76 bits per heavy atom. The molecule has 0 amide bonds. The van der Waals surface area contributed by atoms with E-state index in [1.54, 1.807) is 6.07 Å². The largest absolute Gasteiger partial charge is 0.480 e. The second kappa shape index (κ2) is 6.93. The van der Waals surface area contributed by atoms with Crippen LogP contribution >= 0.6 is 23.2 Å². The molecule has 112 valence electrons. The van der Waals surface area contributed by atoms with Crippen molar-refractivity contribution in [3.8, 4) is 11.8 Å². The molecule has 0 spiro atoms. The Morgan fingerprint density at radius 1 is 1.10 bits per heavy atom. The Balaban J connectivity index is 2.50. The lowest BCUT2D eigenvalue weighted by Crippen LogP contribution is -2.20. The van der Waals surface area contributed by atoms with Crippen LogP contribution in [0.4, 0.5) is 0 Å². The molecule has 0 aliphatic rings. The number of rotatable bonds is 5. The Kier molecular flexibility index (Phi) is 5.22. The molecule has 1 heterocycles. The fourth-order valence-corrected chi connectivity index (χ4v) is 2.56. The van der Waals surface area contributed by atoms with E-state index in [4.69, 9.17) is 32.7 Å². The highest BCUT2D eigenvalue weighted by molar-refractivity contribution is 6.34. The zero-order valence-corrected chi connectivity index (χ0v) is 13.4. The van der Waals surface area contributed by atoms with Gasteiger partial charge in [0.15, 0.2) is 0 Å². The maximum absolute atomic E-state index is 6.06. The van der Waals surface area contributed by atoms with Crippen LogP contribution in [0.5, 0.6) is 11.8 Å². The first-order valence-electron chi connectivity index (χ1n) is 6.17. The molecule has 0 radical (unpaired) electrons. The van der Waals surface area contributed by atoms with E-state index in [1.165, 1.54) is 20.4 Å². The summed E-state index contributed by atoms with van der Waals surface area (Å²) in [6.07, 6.45) is 1.54. The van der Waals surface area contributed by atoms with Crippen molar-refractivity contribution in [2.24, 2.45) is 0 Å². The van der Waals surface area contributed by atoms with Gasteiger partial charge in [-0.15, -0.1) is 0 Å². The summed E-state index contributed by atoms with van der Waals surface area (Å²) < 4.78 is 10.3. The van der Waals surface area contributed by atoms with Crippen LogP contribution in [0.1, 0.15) is 17.3 Å². The highest BCUT2D eigenvalue weighted by Gasteiger charge is 2.21. The van der Waals surface area contributed by atoms with Gasteiger partial charge >= 0.3 is 0 Å². The van der Waals surface area contributed by atoms with Gasteiger partial charge in [-0.1, -0.05) is 23.2 Å². The van der Waals surface area contributed by atoms with Gasteiger partial charge < -0.3 is 14.8 Å². The average Bonchev–Trinajstić information content (AvgIpc) is 2.47. The van der Waals surface area contributed by atoms with Crippen LogP contribution in [0.25, 0.3) is 0 Å². The summed E-state index contributed by atoms with van der Waals surface area (Å²) in [5.41, 5.74) is 1.49. The number of aromatic nitrogens is 2. The van der Waals surface area contributed by atoms with Crippen LogP contribution in [0.3, 0.4) is 0 Å². The summed E-state index contributed by atoms with van der Waals surface area (Å²) in [4.78, 5) is 8.60. The van der Waals surface area contributed by atoms with Crippen molar-refractivity contribution in [3.05, 3.63) is 45.7 Å². The molecule has 2 aromatic rings. The van der Waals surface area contributed by atoms with Crippen molar-refractivity contribution in [1.82, 2.24) is 15.3 Å². The second-order valence-corrected chi connectivity index (χ2v) is 5.10. The molecular formula is C14H15Cl2N3O2. The monoisotopic (exact) mass is 327 g/mol. The predicted molar refractivity (Wildman–Crippen MR) is 82.5 cm³/mol. The van der Waals surface area contributed by atoms with Gasteiger partial charge in [0.25, 0.3) is 0 Å². The molecule has 21 heavy (non-hydrogen) atoms. The van der Waals surface area contributed by atoms with E-state index in [9.17, 15) is 0 Å². The number of hydrogen-bond donors (Lipinski definition) is 1. The van der Waals surface area contributed by atoms with E-state index in [0.29, 0.717) is 27.5 Å². The predicted octanol–water partition coefficient (Wildman–Crippen LogP) is 3.11. The molecule has 1 aromatic carbocycles. The summed E-state index contributed by atoms with van der Waals surface area (Å²) in [6.45, 7) is 0. The maximum Gasteiger partial charge on any atom is 0.240 e. The topological polar surface area (TPSA) is 56.3 Å². The highest BCUT2D eigenvalue weighted by Crippen LogP contribution is 2.31. The molecule has 5 nitrogen and oxygen atoms in total. The van der Waals surface area contributed by atoms with Crippen LogP contribution in [-0.2, 0) is 0 Å². The highest BCUT2D eigenvalue weighted by atomic mass is 35.5. The van der Waals surface area contributed by atoms with Crippen LogP contribution in [-0.4, -0.2) is 31.2 Å². The Morgan fingerprint density at radius 3 is 2.29 bits per heavy atom. The number of hydrogen-bond acceptors (Lipinski definition) is 5. The van der Waals surface area contributed by atoms with E-state index in [0.717, 1.165) is 5.56 Å². The average molecular weight is 328 g/mol. The summed E-state index contributed by atoms with van der Waals surface area (Å²) in [7, 11) is 4.87. The summed E-state index contributed by atoms with van der Waals surface area (Å²) in [5.74, 6) is 0.763. The zero-order valence-electron chi connectivity index (χ0n) is 11.9. The number of nitrogens with one attached hydrogen (secondary N) is 1. The first-order valence-corrected chi connectivity index (χ1v) is 6.92. The molecule has 0 fully saturated rings. The molecule has 1 N–H and O–H groups in total. The molecule has 1 aromatic heterocycles. The standard InChI is InChI=1S/C14H15Cl2N3O2/c1-17-12(8-4-9(15)6-10(16)5-8)13-14(21-3)19-11(20-2)7-18-13/h4-7,12,17H,1-3H3. The SMILES string of the molecule is CNC(c1cc(Cl)cc(Cl)c1)c1ncc(OC)nc1OC. The number of methoxy groups -OCH3 is 2. The van der Waals surface area contributed by atoms with Gasteiger partial charge in [-0.2, -0.15) is 4.98 Å². The van der Waals surface area contributed by atoms with Crippen molar-refractivity contribution in [2.75, 3.05) is 21.3 Å². The van der Waals surface area contributed by atoms with Crippen molar-refractivity contribution in [1.29, 1.82) is 0 Å². The minimum absolute atomic E-state index is 0.255. The lowest BCUT2D eigenvalue weighted by Gasteiger charge is -2.19. The Hall–Kier alpha value is -1.56. The van der Waals surface area contributed by atoms with Crippen molar-refractivity contribution in [3.63, 3.8) is 0 Å². The number of halogens is 2. The van der Waals surface area contributed by atoms with E-state index in [-0.39, 0.29) is 6.04 Å². The van der Waals surface area contributed by atoms with Crippen molar-refractivity contribution < 1.29 is 9.47 Å². The van der Waals surface area contributed by atoms with Gasteiger partial charge in [-0.25, -0.2) is 4.98 Å². The number of benzene rings is 1. The smallest absolute Gasteiger partial charge is 0.240 e. The molecule has 0 aliphatic carbocycles. The summed E-state index contributed by atoms with van der Waals surface area (Å²) in [5, 5.41) is 4.27. The zero-order chi connectivity index (χ0) is 15.4. The molecule has 2 rings (SSSR count). The molecule has 0 aliphatic heterocycles. The first-order chi connectivity index (χ1) is 10.1. The normalized spacial score (nSPS) is 12.0. The van der Waals surface area contributed by atoms with Gasteiger partial charge in [0.05, 0.1) is 26.5 Å². The fraction of sp³-hybridized carbons (Fsp3) is 0.286. The summed E-state index contributed by atoms with van der Waals surface area (Å²) >= 11 is 12.1. The van der Waals surface area contributed by atoms with Gasteiger partial charge in [0.1, 0.15) is 5.69 Å². The molecule has 1 atom stereocenters. The molecule has 1 unspecified atom stereocenters. The van der Waals surface area contributed by atoms with Gasteiger partial charge in [-0.05, 0) is 30.8 Å². The lowest BCUT2D eigenvalue weighted by molar-refractivity contribution is 0.353. The van der Waals surface area contributed by atoms with E-state index < -0.39 is 0 Å². The molecule has 0 bridgehead atoms. The van der Waals surface area contributed by atoms with Crippen molar-refractivity contribution >= 4 is 23.2 Å². The molecule has 7 heteroatoms. The van der Waals surface area contributed by atoms with E-state index in [1.807, 2.05) is 19.2 Å². The third-order valence-electron chi connectivity index (χ3n) is 2.93.